The predicted molar refractivity (Wildman–Crippen MR) is 63.0 cm³/mol. The van der Waals surface area contributed by atoms with Gasteiger partial charge in [-0.05, 0) is 11.6 Å². The number of rotatable bonds is 3. The Bertz CT molecular complexity index is 553. The second-order valence-electron chi connectivity index (χ2n) is 3.82. The summed E-state index contributed by atoms with van der Waals surface area (Å²) in [6.45, 7) is 0. The molecule has 0 aromatic heterocycles. The van der Waals surface area contributed by atoms with Gasteiger partial charge >= 0.3 is 5.69 Å². The zero-order valence-electron chi connectivity index (χ0n) is 9.53. The molecule has 0 heterocycles. The van der Waals surface area contributed by atoms with Gasteiger partial charge in [-0.2, -0.15) is 0 Å². The van der Waals surface area contributed by atoms with Crippen LogP contribution in [0.2, 0.25) is 0 Å². The highest BCUT2D eigenvalue weighted by Gasteiger charge is 2.36. The van der Waals surface area contributed by atoms with Crippen molar-refractivity contribution in [3.8, 4) is 5.75 Å². The Morgan fingerprint density at radius 3 is 2.61 bits per heavy atom. The third-order valence-electron chi connectivity index (χ3n) is 2.86. The predicted octanol–water partition coefficient (Wildman–Crippen LogP) is 2.34. The molecule has 0 fully saturated rings. The molecule has 0 radical (unpaired) electrons. The van der Waals surface area contributed by atoms with Gasteiger partial charge in [-0.1, -0.05) is 18.2 Å². The second kappa shape index (κ2) is 4.44. The minimum absolute atomic E-state index is 0.0425. The molecule has 7 nitrogen and oxygen atoms in total. The van der Waals surface area contributed by atoms with Crippen LogP contribution in [0.4, 0.5) is 5.69 Å². The van der Waals surface area contributed by atoms with Crippen molar-refractivity contribution in [1.29, 1.82) is 0 Å². The molecule has 0 bridgehead atoms. The maximum atomic E-state index is 11.1. The first-order valence-corrected chi connectivity index (χ1v) is 5.21. The largest absolute Gasteiger partial charge is 0.490 e. The van der Waals surface area contributed by atoms with Gasteiger partial charge < -0.3 is 4.74 Å². The molecule has 2 rings (SSSR count). The molecule has 1 aliphatic rings. The van der Waals surface area contributed by atoms with Gasteiger partial charge in [0.25, 0.3) is 0 Å². The zero-order valence-corrected chi connectivity index (χ0v) is 9.53. The zero-order chi connectivity index (χ0) is 13.3. The van der Waals surface area contributed by atoms with Gasteiger partial charge in [0, 0.05) is 11.3 Å². The fourth-order valence-corrected chi connectivity index (χ4v) is 2.09. The van der Waals surface area contributed by atoms with Gasteiger partial charge in [0.1, 0.15) is 5.56 Å². The van der Waals surface area contributed by atoms with Gasteiger partial charge in [0.15, 0.2) is 5.75 Å². The van der Waals surface area contributed by atoms with Gasteiger partial charge in [-0.3, -0.25) is 20.2 Å². The normalized spacial score (nSPS) is 17.1. The van der Waals surface area contributed by atoms with E-state index in [0.717, 1.165) is 0 Å². The van der Waals surface area contributed by atoms with E-state index in [2.05, 4.69) is 0 Å². The van der Waals surface area contributed by atoms with Gasteiger partial charge in [0.05, 0.1) is 12.0 Å². The molecule has 1 aliphatic carbocycles. The monoisotopic (exact) mass is 250 g/mol. The Labute approximate surface area is 102 Å². The third kappa shape index (κ3) is 1.79. The minimum Gasteiger partial charge on any atom is -0.490 e. The molecular formula is C11H10N2O5. The fraction of sp³-hybridized carbons (Fsp3) is 0.273. The van der Waals surface area contributed by atoms with Crippen LogP contribution in [0.1, 0.15) is 23.6 Å². The van der Waals surface area contributed by atoms with E-state index in [0.29, 0.717) is 5.56 Å². The standard InChI is InChI=1S/C11H10N2O5/c1-18-9-6-5-7-3-2-4-8(12(14)15)10(7)11(9)13(16)17/h2-3,5-6,8H,4H2,1H3. The number of nitro benzene ring substituents is 1. The first-order valence-electron chi connectivity index (χ1n) is 5.21. The molecule has 0 saturated carbocycles. The number of nitrogens with zero attached hydrogens (tertiary/aromatic N) is 2. The lowest BCUT2D eigenvalue weighted by Gasteiger charge is -2.16. The molecular weight excluding hydrogens is 240 g/mol. The van der Waals surface area contributed by atoms with Crippen molar-refractivity contribution >= 4 is 11.8 Å². The Kier molecular flexibility index (Phi) is 2.97. The van der Waals surface area contributed by atoms with E-state index >= 15 is 0 Å². The van der Waals surface area contributed by atoms with Crippen LogP contribution in [0.3, 0.4) is 0 Å². The fourth-order valence-electron chi connectivity index (χ4n) is 2.09. The topological polar surface area (TPSA) is 95.5 Å². The summed E-state index contributed by atoms with van der Waals surface area (Å²) < 4.78 is 4.91. The number of hydrogen-bond donors (Lipinski definition) is 0. The van der Waals surface area contributed by atoms with E-state index in [-0.39, 0.29) is 23.4 Å². The second-order valence-corrected chi connectivity index (χ2v) is 3.82. The van der Waals surface area contributed by atoms with Crippen LogP contribution in [0.5, 0.6) is 5.75 Å². The Hall–Kier alpha value is -2.44. The van der Waals surface area contributed by atoms with Crippen LogP contribution in [-0.2, 0) is 0 Å². The van der Waals surface area contributed by atoms with Crippen molar-refractivity contribution in [3.63, 3.8) is 0 Å². The first-order chi connectivity index (χ1) is 8.56. The molecule has 0 saturated heterocycles. The summed E-state index contributed by atoms with van der Waals surface area (Å²) in [5.74, 6) is 0.0425. The van der Waals surface area contributed by atoms with Crippen molar-refractivity contribution in [2.24, 2.45) is 0 Å². The van der Waals surface area contributed by atoms with Crippen molar-refractivity contribution in [2.75, 3.05) is 7.11 Å². The van der Waals surface area contributed by atoms with E-state index in [1.165, 1.54) is 13.2 Å². The molecule has 1 atom stereocenters. The minimum atomic E-state index is -1.10. The van der Waals surface area contributed by atoms with Crippen LogP contribution < -0.4 is 4.74 Å². The van der Waals surface area contributed by atoms with Gasteiger partial charge in [0.2, 0.25) is 6.04 Å². The summed E-state index contributed by atoms with van der Waals surface area (Å²) in [7, 11) is 1.30. The summed E-state index contributed by atoms with van der Waals surface area (Å²) in [4.78, 5) is 21.0. The Balaban J connectivity index is 2.73. The van der Waals surface area contributed by atoms with Gasteiger partial charge in [-0.25, -0.2) is 0 Å². The highest BCUT2D eigenvalue weighted by atomic mass is 16.6. The van der Waals surface area contributed by atoms with E-state index in [1.807, 2.05) is 0 Å². The third-order valence-corrected chi connectivity index (χ3v) is 2.86. The molecule has 1 unspecified atom stereocenters. The van der Waals surface area contributed by atoms with E-state index in [4.69, 9.17) is 4.74 Å². The van der Waals surface area contributed by atoms with Crippen LogP contribution in [0, 0.1) is 20.2 Å². The Morgan fingerprint density at radius 1 is 1.33 bits per heavy atom. The first kappa shape index (κ1) is 12.0. The smallest absolute Gasteiger partial charge is 0.321 e. The number of methoxy groups -OCH3 is 1. The molecule has 94 valence electrons. The lowest BCUT2D eigenvalue weighted by molar-refractivity contribution is -0.529. The lowest BCUT2D eigenvalue weighted by atomic mass is 9.91. The van der Waals surface area contributed by atoms with Gasteiger partial charge in [-0.15, -0.1) is 0 Å². The summed E-state index contributed by atoms with van der Waals surface area (Å²) in [5, 5.41) is 22.1. The quantitative estimate of drug-likeness (QED) is 0.606. The van der Waals surface area contributed by atoms with E-state index < -0.39 is 15.9 Å². The molecule has 18 heavy (non-hydrogen) atoms. The summed E-state index contributed by atoms with van der Waals surface area (Å²) in [5.41, 5.74) is 0.295. The number of nitro groups is 2. The average molecular weight is 250 g/mol. The highest BCUT2D eigenvalue weighted by Crippen LogP contribution is 2.42. The number of hydrogen-bond acceptors (Lipinski definition) is 5. The number of fused-ring (bicyclic) bond motifs is 1. The summed E-state index contributed by atoms with van der Waals surface area (Å²) in [6.07, 6.45) is 3.45. The summed E-state index contributed by atoms with van der Waals surface area (Å²) in [6, 6.07) is 1.94. The average Bonchev–Trinajstić information content (AvgIpc) is 2.35. The SMILES string of the molecule is COc1ccc2c(c1[N+](=O)[O-])C([N+](=O)[O-])CC=C2. The molecule has 0 N–H and O–H groups in total. The lowest BCUT2D eigenvalue weighted by Crippen LogP contribution is -2.16. The number of benzene rings is 1. The van der Waals surface area contributed by atoms with E-state index in [1.54, 1.807) is 18.2 Å². The van der Waals surface area contributed by atoms with Crippen LogP contribution >= 0.6 is 0 Å². The van der Waals surface area contributed by atoms with Crippen LogP contribution in [-0.4, -0.2) is 17.0 Å². The van der Waals surface area contributed by atoms with Crippen LogP contribution in [0.15, 0.2) is 18.2 Å². The molecule has 1 aromatic carbocycles. The molecule has 7 heteroatoms. The molecule has 1 aromatic rings. The van der Waals surface area contributed by atoms with Crippen LogP contribution in [0.25, 0.3) is 6.08 Å². The molecule has 0 aliphatic heterocycles. The van der Waals surface area contributed by atoms with Crippen molar-refractivity contribution < 1.29 is 14.6 Å². The highest BCUT2D eigenvalue weighted by molar-refractivity contribution is 5.68. The van der Waals surface area contributed by atoms with Crippen molar-refractivity contribution in [2.45, 2.75) is 12.5 Å². The molecule has 0 spiro atoms. The van der Waals surface area contributed by atoms with Crippen molar-refractivity contribution in [1.82, 2.24) is 0 Å². The van der Waals surface area contributed by atoms with E-state index in [9.17, 15) is 20.2 Å². The van der Waals surface area contributed by atoms with Crippen molar-refractivity contribution in [3.05, 3.63) is 49.6 Å². The molecule has 0 amide bonds. The Morgan fingerprint density at radius 2 is 2.06 bits per heavy atom. The summed E-state index contributed by atoms with van der Waals surface area (Å²) >= 11 is 0. The number of ether oxygens (including phenoxy) is 1. The maximum absolute atomic E-state index is 11.1. The maximum Gasteiger partial charge on any atom is 0.321 e.